The second-order valence-electron chi connectivity index (χ2n) is 8.69. The third-order valence-corrected chi connectivity index (χ3v) is 6.23. The van der Waals surface area contributed by atoms with Crippen LogP contribution in [0.2, 0.25) is 0 Å². The van der Waals surface area contributed by atoms with E-state index in [-0.39, 0.29) is 5.56 Å². The summed E-state index contributed by atoms with van der Waals surface area (Å²) in [5.41, 5.74) is 8.39. The Hall–Kier alpha value is -4.32. The van der Waals surface area contributed by atoms with Crippen molar-refractivity contribution in [2.24, 2.45) is 0 Å². The van der Waals surface area contributed by atoms with E-state index in [2.05, 4.69) is 24.5 Å². The van der Waals surface area contributed by atoms with Gasteiger partial charge in [-0.05, 0) is 60.4 Å². The maximum absolute atomic E-state index is 11.9. The van der Waals surface area contributed by atoms with Crippen LogP contribution in [0.1, 0.15) is 40.1 Å². The van der Waals surface area contributed by atoms with Gasteiger partial charge in [0.25, 0.3) is 0 Å². The Morgan fingerprint density at radius 1 is 0.914 bits per heavy atom. The molecule has 35 heavy (non-hydrogen) atoms. The molecule has 0 radical (unpaired) electrons. The van der Waals surface area contributed by atoms with Crippen LogP contribution < -0.4 is 0 Å². The maximum atomic E-state index is 11.9. The Bertz CT molecular complexity index is 1540. The molecule has 6 heteroatoms. The predicted molar refractivity (Wildman–Crippen MR) is 138 cm³/mol. The molecule has 5 rings (SSSR count). The van der Waals surface area contributed by atoms with Gasteiger partial charge in [0.1, 0.15) is 11.3 Å². The summed E-state index contributed by atoms with van der Waals surface area (Å²) in [5, 5.41) is 9.78. The number of imidazole rings is 1. The first-order chi connectivity index (χ1) is 16.9. The highest BCUT2D eigenvalue weighted by atomic mass is 16.4. The summed E-state index contributed by atoms with van der Waals surface area (Å²) in [6.45, 7) is 6.69. The van der Waals surface area contributed by atoms with Crippen molar-refractivity contribution in [3.05, 3.63) is 101 Å². The molecular weight excluding hydrogens is 436 g/mol. The Kier molecular flexibility index (Phi) is 5.87. The molecule has 6 nitrogen and oxygen atoms in total. The number of pyridine rings is 2. The summed E-state index contributed by atoms with van der Waals surface area (Å²) in [7, 11) is 0. The Balaban J connectivity index is 1.52. The van der Waals surface area contributed by atoms with Crippen molar-refractivity contribution in [2.45, 2.75) is 33.7 Å². The lowest BCUT2D eigenvalue weighted by Gasteiger charge is -2.11. The van der Waals surface area contributed by atoms with Gasteiger partial charge >= 0.3 is 5.97 Å². The molecule has 5 aromatic rings. The lowest BCUT2D eigenvalue weighted by Crippen LogP contribution is -2.07. The summed E-state index contributed by atoms with van der Waals surface area (Å²) >= 11 is 0. The van der Waals surface area contributed by atoms with Crippen LogP contribution in [-0.4, -0.2) is 30.6 Å². The average Bonchev–Trinajstić information content (AvgIpc) is 3.22. The molecule has 0 atom stereocenters. The van der Waals surface area contributed by atoms with Crippen LogP contribution in [0.25, 0.3) is 33.4 Å². The lowest BCUT2D eigenvalue weighted by atomic mass is 9.95. The maximum Gasteiger partial charge on any atom is 0.336 e. The summed E-state index contributed by atoms with van der Waals surface area (Å²) in [6.07, 6.45) is 2.54. The summed E-state index contributed by atoms with van der Waals surface area (Å²) in [5.74, 6) is 0.00813. The van der Waals surface area contributed by atoms with Gasteiger partial charge in [-0.25, -0.2) is 14.8 Å². The van der Waals surface area contributed by atoms with Crippen LogP contribution in [0.5, 0.6) is 0 Å². The highest BCUT2D eigenvalue weighted by Crippen LogP contribution is 2.30. The number of hydrogen-bond donors (Lipinski definition) is 1. The average molecular weight is 463 g/mol. The van der Waals surface area contributed by atoms with E-state index in [4.69, 9.17) is 15.0 Å². The summed E-state index contributed by atoms with van der Waals surface area (Å²) in [6, 6.07) is 21.3. The number of rotatable bonds is 6. The number of nitrogens with zero attached hydrogens (tertiary/aromatic N) is 4. The quantitative estimate of drug-likeness (QED) is 0.330. The van der Waals surface area contributed by atoms with E-state index in [0.29, 0.717) is 12.1 Å². The molecular formula is C29H26N4O2. The number of benzene rings is 2. The largest absolute Gasteiger partial charge is 0.478 e. The number of carbonyl (C=O) groups is 1. The van der Waals surface area contributed by atoms with E-state index >= 15 is 0 Å². The summed E-state index contributed by atoms with van der Waals surface area (Å²) < 4.78 is 2.12. The van der Waals surface area contributed by atoms with Crippen molar-refractivity contribution >= 4 is 17.1 Å². The van der Waals surface area contributed by atoms with Gasteiger partial charge in [0.05, 0.1) is 17.8 Å². The molecule has 0 saturated carbocycles. The number of aryl methyl sites for hydroxylation is 3. The van der Waals surface area contributed by atoms with Gasteiger partial charge < -0.3 is 9.67 Å². The number of fused-ring (bicyclic) bond motifs is 1. The van der Waals surface area contributed by atoms with Crippen LogP contribution in [0, 0.1) is 13.8 Å². The smallest absolute Gasteiger partial charge is 0.336 e. The van der Waals surface area contributed by atoms with Crippen molar-refractivity contribution in [1.82, 2.24) is 19.5 Å². The first-order valence-electron chi connectivity index (χ1n) is 11.7. The van der Waals surface area contributed by atoms with Gasteiger partial charge in [-0.3, -0.25) is 4.98 Å². The van der Waals surface area contributed by atoms with Crippen molar-refractivity contribution in [3.8, 4) is 22.3 Å². The molecule has 0 aliphatic heterocycles. The molecule has 2 aromatic carbocycles. The predicted octanol–water partition coefficient (Wildman–Crippen LogP) is 6.09. The van der Waals surface area contributed by atoms with Crippen LogP contribution >= 0.6 is 0 Å². The van der Waals surface area contributed by atoms with Crippen LogP contribution in [0.3, 0.4) is 0 Å². The van der Waals surface area contributed by atoms with Crippen LogP contribution in [0.15, 0.2) is 72.9 Å². The van der Waals surface area contributed by atoms with Crippen LogP contribution in [-0.2, 0) is 13.0 Å². The minimum absolute atomic E-state index is 0.253. The fourth-order valence-corrected chi connectivity index (χ4v) is 4.50. The van der Waals surface area contributed by atoms with E-state index in [1.807, 2.05) is 61.5 Å². The van der Waals surface area contributed by atoms with Gasteiger partial charge in [0.15, 0.2) is 5.65 Å². The SMILES string of the molecule is CCc1nc2c(C)cc(C)nc2n1Cc1ccc(-c2cc(-c3ccccc3)ccc2C(=O)O)cn1. The van der Waals surface area contributed by atoms with E-state index in [1.165, 1.54) is 0 Å². The van der Waals surface area contributed by atoms with Gasteiger partial charge in [0.2, 0.25) is 0 Å². The zero-order chi connectivity index (χ0) is 24.5. The van der Waals surface area contributed by atoms with Crippen molar-refractivity contribution in [2.75, 3.05) is 0 Å². The molecule has 0 saturated heterocycles. The van der Waals surface area contributed by atoms with Gasteiger partial charge in [-0.15, -0.1) is 0 Å². The monoisotopic (exact) mass is 462 g/mol. The van der Waals surface area contributed by atoms with E-state index < -0.39 is 5.97 Å². The van der Waals surface area contributed by atoms with Crippen molar-refractivity contribution < 1.29 is 9.90 Å². The standard InChI is InChI=1S/C29H26N4O2/c1-4-26-32-27-18(2)14-19(3)31-28(27)33(26)17-23-12-10-22(16-30-23)25-15-21(11-13-24(25)29(34)35)20-8-6-5-7-9-20/h5-16H,4,17H2,1-3H3,(H,34,35). The van der Waals surface area contributed by atoms with E-state index in [0.717, 1.165) is 57.1 Å². The fourth-order valence-electron chi connectivity index (χ4n) is 4.50. The Morgan fingerprint density at radius 2 is 1.69 bits per heavy atom. The van der Waals surface area contributed by atoms with Gasteiger partial charge in [-0.1, -0.05) is 49.4 Å². The lowest BCUT2D eigenvalue weighted by molar-refractivity contribution is 0.0697. The minimum atomic E-state index is -0.960. The molecule has 1 N–H and O–H groups in total. The molecule has 0 fully saturated rings. The Morgan fingerprint density at radius 3 is 2.37 bits per heavy atom. The second-order valence-corrected chi connectivity index (χ2v) is 8.69. The molecule has 0 amide bonds. The zero-order valence-corrected chi connectivity index (χ0v) is 20.0. The second kappa shape index (κ2) is 9.14. The third kappa shape index (κ3) is 4.30. The Labute approximate surface area is 204 Å². The molecule has 0 unspecified atom stereocenters. The van der Waals surface area contributed by atoms with Gasteiger partial charge in [-0.2, -0.15) is 0 Å². The third-order valence-electron chi connectivity index (χ3n) is 6.23. The van der Waals surface area contributed by atoms with Gasteiger partial charge in [0, 0.05) is 23.9 Å². The molecule has 0 bridgehead atoms. The van der Waals surface area contributed by atoms with Crippen molar-refractivity contribution in [3.63, 3.8) is 0 Å². The molecule has 0 spiro atoms. The number of carboxylic acids is 1. The topological polar surface area (TPSA) is 80.9 Å². The first kappa shape index (κ1) is 22.5. The molecule has 0 aliphatic carbocycles. The highest BCUT2D eigenvalue weighted by Gasteiger charge is 2.16. The normalized spacial score (nSPS) is 11.2. The number of aromatic nitrogens is 4. The molecule has 3 aromatic heterocycles. The fraction of sp³-hybridized carbons (Fsp3) is 0.172. The highest BCUT2D eigenvalue weighted by molar-refractivity contribution is 5.97. The molecule has 0 aliphatic rings. The number of carboxylic acid groups (broad SMARTS) is 1. The number of hydrogen-bond acceptors (Lipinski definition) is 4. The molecule has 3 heterocycles. The minimum Gasteiger partial charge on any atom is -0.478 e. The molecule has 174 valence electrons. The van der Waals surface area contributed by atoms with E-state index in [1.54, 1.807) is 12.3 Å². The first-order valence-corrected chi connectivity index (χ1v) is 11.7. The summed E-state index contributed by atoms with van der Waals surface area (Å²) in [4.78, 5) is 26.2. The van der Waals surface area contributed by atoms with Crippen molar-refractivity contribution in [1.29, 1.82) is 0 Å². The zero-order valence-electron chi connectivity index (χ0n) is 20.0. The van der Waals surface area contributed by atoms with Crippen LogP contribution in [0.4, 0.5) is 0 Å². The number of aromatic carboxylic acids is 1. The van der Waals surface area contributed by atoms with E-state index in [9.17, 15) is 9.90 Å².